The fourth-order valence-corrected chi connectivity index (χ4v) is 5.40. The zero-order valence-corrected chi connectivity index (χ0v) is 21.2. The van der Waals surface area contributed by atoms with E-state index in [2.05, 4.69) is 150 Å². The first-order valence-corrected chi connectivity index (χ1v) is 13.0. The smallest absolute Gasteiger partial charge is 0.0702 e. The van der Waals surface area contributed by atoms with Gasteiger partial charge in [-0.3, -0.25) is 4.98 Å². The summed E-state index contributed by atoms with van der Waals surface area (Å²) in [5.41, 5.74) is 11.7. The maximum Gasteiger partial charge on any atom is 0.0702 e. The Hall–Kier alpha value is -4.95. The molecule has 0 spiro atoms. The third-order valence-electron chi connectivity index (χ3n) is 7.28. The van der Waals surface area contributed by atoms with Crippen LogP contribution in [-0.4, -0.2) is 9.55 Å². The van der Waals surface area contributed by atoms with Crippen LogP contribution in [0.3, 0.4) is 0 Å². The van der Waals surface area contributed by atoms with Crippen molar-refractivity contribution in [2.45, 2.75) is 6.92 Å². The largest absolute Gasteiger partial charge is 0.309 e. The minimum absolute atomic E-state index is 0.993. The van der Waals surface area contributed by atoms with Gasteiger partial charge in [0.2, 0.25) is 0 Å². The van der Waals surface area contributed by atoms with Gasteiger partial charge in [-0.15, -0.1) is 0 Å². The van der Waals surface area contributed by atoms with E-state index in [9.17, 15) is 0 Å². The average molecular weight is 487 g/mol. The van der Waals surface area contributed by atoms with E-state index in [1.54, 1.807) is 0 Å². The topological polar surface area (TPSA) is 17.8 Å². The zero-order valence-electron chi connectivity index (χ0n) is 21.2. The van der Waals surface area contributed by atoms with Gasteiger partial charge >= 0.3 is 0 Å². The molecule has 180 valence electrons. The molecule has 2 heteroatoms. The molecule has 0 unspecified atom stereocenters. The SMILES string of the molecule is Cc1ccc(-c2cccc(-c3cccc(-c4cccc(-n5c6ccccc6c6ccccc65)c4)c3)c2)nc1. The lowest BCUT2D eigenvalue weighted by Crippen LogP contribution is -1.94. The summed E-state index contributed by atoms with van der Waals surface area (Å²) in [4.78, 5) is 4.62. The second-order valence-electron chi connectivity index (χ2n) is 9.80. The number of para-hydroxylation sites is 2. The van der Waals surface area contributed by atoms with Crippen molar-refractivity contribution in [2.75, 3.05) is 0 Å². The number of rotatable bonds is 4. The van der Waals surface area contributed by atoms with Gasteiger partial charge in [0, 0.05) is 28.2 Å². The lowest BCUT2D eigenvalue weighted by atomic mass is 9.97. The Kier molecular flexibility index (Phi) is 5.37. The molecular formula is C36H26N2. The molecule has 0 aliphatic carbocycles. The van der Waals surface area contributed by atoms with Gasteiger partial charge in [-0.2, -0.15) is 0 Å². The molecule has 0 atom stereocenters. The van der Waals surface area contributed by atoms with Gasteiger partial charge in [-0.1, -0.05) is 91.0 Å². The van der Waals surface area contributed by atoms with E-state index in [0.29, 0.717) is 0 Å². The van der Waals surface area contributed by atoms with Crippen LogP contribution in [0.25, 0.3) is 61.0 Å². The molecule has 0 aliphatic heterocycles. The van der Waals surface area contributed by atoms with Crippen molar-refractivity contribution in [1.29, 1.82) is 0 Å². The van der Waals surface area contributed by atoms with Crippen LogP contribution in [0.2, 0.25) is 0 Å². The van der Waals surface area contributed by atoms with Crippen molar-refractivity contribution in [3.05, 3.63) is 145 Å². The third-order valence-corrected chi connectivity index (χ3v) is 7.28. The summed E-state index contributed by atoms with van der Waals surface area (Å²) in [6, 6.07) is 47.8. The van der Waals surface area contributed by atoms with Crippen molar-refractivity contribution >= 4 is 21.8 Å². The molecule has 2 nitrogen and oxygen atoms in total. The van der Waals surface area contributed by atoms with Gasteiger partial charge in [-0.25, -0.2) is 0 Å². The first-order valence-electron chi connectivity index (χ1n) is 13.0. The van der Waals surface area contributed by atoms with Crippen molar-refractivity contribution in [3.63, 3.8) is 0 Å². The third kappa shape index (κ3) is 3.88. The monoisotopic (exact) mass is 486 g/mol. The van der Waals surface area contributed by atoms with E-state index in [0.717, 1.165) is 16.9 Å². The highest BCUT2D eigenvalue weighted by Gasteiger charge is 2.12. The molecule has 2 heterocycles. The van der Waals surface area contributed by atoms with Gasteiger partial charge in [0.1, 0.15) is 0 Å². The summed E-state index contributed by atoms with van der Waals surface area (Å²) in [7, 11) is 0. The van der Waals surface area contributed by atoms with Gasteiger partial charge in [0.15, 0.2) is 0 Å². The highest BCUT2D eigenvalue weighted by Crippen LogP contribution is 2.34. The second-order valence-corrected chi connectivity index (χ2v) is 9.80. The predicted molar refractivity (Wildman–Crippen MR) is 160 cm³/mol. The Morgan fingerprint density at radius 3 is 1.61 bits per heavy atom. The van der Waals surface area contributed by atoms with Crippen molar-refractivity contribution in [3.8, 4) is 39.2 Å². The highest BCUT2D eigenvalue weighted by atomic mass is 15.0. The van der Waals surface area contributed by atoms with E-state index in [1.807, 2.05) is 6.20 Å². The molecule has 0 radical (unpaired) electrons. The Labute approximate surface area is 222 Å². The van der Waals surface area contributed by atoms with Crippen LogP contribution in [0.4, 0.5) is 0 Å². The zero-order chi connectivity index (χ0) is 25.5. The molecule has 0 amide bonds. The molecule has 0 saturated carbocycles. The van der Waals surface area contributed by atoms with Crippen LogP contribution in [0.15, 0.2) is 140 Å². The summed E-state index contributed by atoms with van der Waals surface area (Å²) in [6.45, 7) is 2.06. The number of aromatic nitrogens is 2. The molecule has 5 aromatic carbocycles. The number of aryl methyl sites for hydroxylation is 1. The summed E-state index contributed by atoms with van der Waals surface area (Å²) < 4.78 is 2.37. The summed E-state index contributed by atoms with van der Waals surface area (Å²) in [5.74, 6) is 0. The van der Waals surface area contributed by atoms with E-state index in [4.69, 9.17) is 0 Å². The molecule has 0 N–H and O–H groups in total. The van der Waals surface area contributed by atoms with Crippen molar-refractivity contribution in [1.82, 2.24) is 9.55 Å². The van der Waals surface area contributed by atoms with Gasteiger partial charge in [0.25, 0.3) is 0 Å². The normalized spacial score (nSPS) is 11.3. The number of fused-ring (bicyclic) bond motifs is 3. The Balaban J connectivity index is 1.31. The Morgan fingerprint density at radius 2 is 1.00 bits per heavy atom. The molecule has 7 aromatic rings. The van der Waals surface area contributed by atoms with E-state index >= 15 is 0 Å². The minimum atomic E-state index is 0.993. The quantitative estimate of drug-likeness (QED) is 0.242. The fraction of sp³-hybridized carbons (Fsp3) is 0.0278. The maximum absolute atomic E-state index is 4.62. The lowest BCUT2D eigenvalue weighted by Gasteiger charge is -2.12. The van der Waals surface area contributed by atoms with Crippen LogP contribution in [0.5, 0.6) is 0 Å². The number of pyridine rings is 1. The Bertz CT molecular complexity index is 1870. The van der Waals surface area contributed by atoms with E-state index in [1.165, 1.54) is 49.6 Å². The molecule has 0 fully saturated rings. The van der Waals surface area contributed by atoms with Crippen LogP contribution in [-0.2, 0) is 0 Å². The summed E-state index contributed by atoms with van der Waals surface area (Å²) in [5, 5.41) is 2.55. The highest BCUT2D eigenvalue weighted by molar-refractivity contribution is 6.09. The van der Waals surface area contributed by atoms with Gasteiger partial charge in [-0.05, 0) is 77.2 Å². The van der Waals surface area contributed by atoms with Gasteiger partial charge in [0.05, 0.1) is 16.7 Å². The van der Waals surface area contributed by atoms with Crippen molar-refractivity contribution < 1.29 is 0 Å². The van der Waals surface area contributed by atoms with Crippen LogP contribution in [0, 0.1) is 6.92 Å². The minimum Gasteiger partial charge on any atom is -0.309 e. The number of hydrogen-bond acceptors (Lipinski definition) is 1. The molecule has 2 aromatic heterocycles. The molecule has 0 saturated heterocycles. The maximum atomic E-state index is 4.62. The average Bonchev–Trinajstić information content (AvgIpc) is 3.32. The Morgan fingerprint density at radius 1 is 0.474 bits per heavy atom. The first-order chi connectivity index (χ1) is 18.7. The fourth-order valence-electron chi connectivity index (χ4n) is 5.40. The summed E-state index contributed by atoms with van der Waals surface area (Å²) in [6.07, 6.45) is 1.92. The molecule has 38 heavy (non-hydrogen) atoms. The first kappa shape index (κ1) is 22.3. The number of nitrogens with zero attached hydrogens (tertiary/aromatic N) is 2. The molecule has 0 bridgehead atoms. The second kappa shape index (κ2) is 9.17. The molecule has 7 rings (SSSR count). The van der Waals surface area contributed by atoms with E-state index < -0.39 is 0 Å². The lowest BCUT2D eigenvalue weighted by molar-refractivity contribution is 1.18. The van der Waals surface area contributed by atoms with Crippen molar-refractivity contribution in [2.24, 2.45) is 0 Å². The summed E-state index contributed by atoms with van der Waals surface area (Å²) >= 11 is 0. The predicted octanol–water partition coefficient (Wildman–Crippen LogP) is 9.49. The van der Waals surface area contributed by atoms with Gasteiger partial charge < -0.3 is 4.57 Å². The standard InChI is InChI=1S/C36H26N2/c1-25-19-20-34(37-24-25)30-13-7-11-28(22-30)26-9-6-10-27(21-26)29-12-8-14-31(23-29)38-35-17-4-2-15-32(35)33-16-3-5-18-36(33)38/h2-24H,1H3. The molecular weight excluding hydrogens is 460 g/mol. The number of hydrogen-bond donors (Lipinski definition) is 0. The number of benzene rings is 5. The van der Waals surface area contributed by atoms with Crippen LogP contribution >= 0.6 is 0 Å². The van der Waals surface area contributed by atoms with E-state index in [-0.39, 0.29) is 0 Å². The van der Waals surface area contributed by atoms with Crippen LogP contribution in [0.1, 0.15) is 5.56 Å². The van der Waals surface area contributed by atoms with Crippen LogP contribution < -0.4 is 0 Å². The molecule has 0 aliphatic rings.